The number of rotatable bonds is 15. The van der Waals surface area contributed by atoms with Gasteiger partial charge in [0.15, 0.2) is 28.0 Å². The number of carbonyl (C=O) groups is 3. The molecule has 3 heterocycles. The van der Waals surface area contributed by atoms with E-state index >= 15 is 0 Å². The van der Waals surface area contributed by atoms with E-state index in [1.54, 1.807) is 55.5 Å². The minimum atomic E-state index is -4.36. The summed E-state index contributed by atoms with van der Waals surface area (Å²) in [5.41, 5.74) is 0.725. The van der Waals surface area contributed by atoms with E-state index in [1.165, 1.54) is 47.7 Å². The van der Waals surface area contributed by atoms with Crippen molar-refractivity contribution in [2.45, 2.75) is 31.7 Å². The number of hydroxylamine groups is 2. The molecule has 0 saturated carbocycles. The molecule has 18 heteroatoms. The minimum absolute atomic E-state index is 0.0387. The zero-order valence-corrected chi connectivity index (χ0v) is 31.5. The van der Waals surface area contributed by atoms with E-state index in [1.807, 2.05) is 13.8 Å². The lowest BCUT2D eigenvalue weighted by Gasteiger charge is -2.33. The second kappa shape index (κ2) is 18.8. The van der Waals surface area contributed by atoms with Gasteiger partial charge in [0, 0.05) is 31.0 Å². The van der Waals surface area contributed by atoms with Gasteiger partial charge < -0.3 is 33.4 Å². The molecule has 0 bridgehead atoms. The maximum atomic E-state index is 14.0. The predicted molar refractivity (Wildman–Crippen MR) is 199 cm³/mol. The molecule has 2 aromatic heterocycles. The maximum absolute atomic E-state index is 14.0. The smallest absolute Gasteiger partial charge is 0.493 e. The average molecular weight is 779 g/mol. The molecule has 1 fully saturated rings. The Morgan fingerprint density at radius 3 is 2.27 bits per heavy atom. The summed E-state index contributed by atoms with van der Waals surface area (Å²) in [6, 6.07) is 17.4. The van der Waals surface area contributed by atoms with Crippen LogP contribution in [-0.4, -0.2) is 99.6 Å². The first-order valence-electron chi connectivity index (χ1n) is 17.3. The number of nitrogens with one attached hydrogen (secondary N) is 2. The topological polar surface area (TPSA) is 197 Å². The number of aromatic nitrogens is 2. The lowest BCUT2D eigenvalue weighted by molar-refractivity contribution is -0.141. The number of anilines is 2. The highest BCUT2D eigenvalue weighted by molar-refractivity contribution is 7.92. The molecule has 292 valence electrons. The molecule has 17 nitrogen and oxygen atoms in total. The standard InChI is InChI=1S/C37H42N6O11S/c1-5-50-37(46)54-43-18-16-42(17-19-43)35(44)27-22-28(41-55(47,48)33-14-13-26(24-39-33)25(2)3)34(53-30-11-7-6-10-29(30)49-4)31(23-27)51-20-21-52-36(45)40-32-12-8-9-15-38-32/h6-15,22-25,41H,5,16-21H2,1-4H3,(H,38,40,45). The molecule has 2 amide bonds. The van der Waals surface area contributed by atoms with E-state index in [0.717, 1.165) is 5.56 Å². The third-order valence-corrected chi connectivity index (χ3v) is 9.27. The third kappa shape index (κ3) is 11.0. The van der Waals surface area contributed by atoms with Crippen molar-refractivity contribution < 1.29 is 51.3 Å². The first kappa shape index (κ1) is 40.1. The van der Waals surface area contributed by atoms with Crippen molar-refractivity contribution in [1.29, 1.82) is 0 Å². The monoisotopic (exact) mass is 778 g/mol. The van der Waals surface area contributed by atoms with E-state index in [0.29, 0.717) is 5.75 Å². The van der Waals surface area contributed by atoms with Crippen LogP contribution in [-0.2, 0) is 24.3 Å². The van der Waals surface area contributed by atoms with Crippen LogP contribution in [0.2, 0.25) is 0 Å². The van der Waals surface area contributed by atoms with E-state index in [4.69, 9.17) is 28.5 Å². The Bertz CT molecular complexity index is 2040. The molecule has 0 unspecified atom stereocenters. The first-order valence-corrected chi connectivity index (χ1v) is 18.8. The number of hydrogen-bond donors (Lipinski definition) is 2. The Kier molecular flexibility index (Phi) is 13.7. The summed E-state index contributed by atoms with van der Waals surface area (Å²) in [7, 11) is -2.92. The quantitative estimate of drug-likeness (QED) is 0.111. The van der Waals surface area contributed by atoms with Gasteiger partial charge in [-0.3, -0.25) is 14.8 Å². The summed E-state index contributed by atoms with van der Waals surface area (Å²) >= 11 is 0. The SMILES string of the molecule is CCOC(=O)ON1CCN(C(=O)c2cc(NS(=O)(=O)c3ccc(C(C)C)cn3)c(Oc3ccccc3OC)c(OCCOC(=O)Nc3ccccn3)c2)CC1. The second-order valence-electron chi connectivity index (χ2n) is 12.1. The van der Waals surface area contributed by atoms with Gasteiger partial charge in [0.25, 0.3) is 15.9 Å². The minimum Gasteiger partial charge on any atom is -0.493 e. The van der Waals surface area contributed by atoms with E-state index in [2.05, 4.69) is 20.0 Å². The highest BCUT2D eigenvalue weighted by atomic mass is 32.2. The lowest BCUT2D eigenvalue weighted by Crippen LogP contribution is -2.49. The number of benzene rings is 2. The number of pyridine rings is 2. The van der Waals surface area contributed by atoms with Crippen molar-refractivity contribution in [3.05, 3.63) is 90.3 Å². The summed E-state index contributed by atoms with van der Waals surface area (Å²) in [4.78, 5) is 53.1. The Labute approximate surface area is 318 Å². The Morgan fingerprint density at radius 2 is 1.62 bits per heavy atom. The summed E-state index contributed by atoms with van der Waals surface area (Å²) in [6.07, 6.45) is 1.36. The number of methoxy groups -OCH3 is 1. The first-order chi connectivity index (χ1) is 26.5. The Hall–Kier alpha value is -6.14. The van der Waals surface area contributed by atoms with Crippen LogP contribution < -0.4 is 24.2 Å². The molecule has 0 radical (unpaired) electrons. The van der Waals surface area contributed by atoms with Crippen LogP contribution in [0.5, 0.6) is 23.0 Å². The molecule has 5 rings (SSSR count). The number of carbonyl (C=O) groups excluding carboxylic acids is 3. The molecular weight excluding hydrogens is 737 g/mol. The molecule has 1 aliphatic heterocycles. The number of nitrogens with zero attached hydrogens (tertiary/aromatic N) is 4. The van der Waals surface area contributed by atoms with Crippen LogP contribution in [0.4, 0.5) is 21.1 Å². The number of sulfonamides is 1. The van der Waals surface area contributed by atoms with Crippen molar-refractivity contribution in [3.63, 3.8) is 0 Å². The van der Waals surface area contributed by atoms with Gasteiger partial charge in [0.2, 0.25) is 0 Å². The van der Waals surface area contributed by atoms with Crippen molar-refractivity contribution in [2.24, 2.45) is 0 Å². The fraction of sp³-hybridized carbons (Fsp3) is 0.324. The fourth-order valence-corrected chi connectivity index (χ4v) is 6.18. The zero-order valence-electron chi connectivity index (χ0n) is 30.7. The highest BCUT2D eigenvalue weighted by Crippen LogP contribution is 2.43. The summed E-state index contributed by atoms with van der Waals surface area (Å²) in [6.45, 7) is 5.96. The third-order valence-electron chi connectivity index (χ3n) is 7.99. The van der Waals surface area contributed by atoms with Gasteiger partial charge in [-0.15, -0.1) is 5.06 Å². The second-order valence-corrected chi connectivity index (χ2v) is 13.7. The molecule has 4 aromatic rings. The van der Waals surface area contributed by atoms with Crippen LogP contribution in [0, 0.1) is 0 Å². The maximum Gasteiger partial charge on any atom is 0.527 e. The molecule has 0 spiro atoms. The fourth-order valence-electron chi connectivity index (χ4n) is 5.19. The van der Waals surface area contributed by atoms with Crippen LogP contribution in [0.25, 0.3) is 0 Å². The molecule has 2 N–H and O–H groups in total. The van der Waals surface area contributed by atoms with Crippen LogP contribution in [0.1, 0.15) is 42.6 Å². The number of piperazine rings is 1. The molecule has 1 aliphatic rings. The Balaban J connectivity index is 1.48. The normalized spacial score (nSPS) is 13.1. The number of para-hydroxylation sites is 2. The average Bonchev–Trinajstić information content (AvgIpc) is 3.18. The molecule has 0 atom stereocenters. The van der Waals surface area contributed by atoms with Gasteiger partial charge in [-0.25, -0.2) is 19.6 Å². The van der Waals surface area contributed by atoms with Gasteiger partial charge in [-0.2, -0.15) is 8.42 Å². The van der Waals surface area contributed by atoms with Crippen LogP contribution >= 0.6 is 0 Å². The zero-order chi connectivity index (χ0) is 39.4. The number of hydrogen-bond acceptors (Lipinski definition) is 14. The van der Waals surface area contributed by atoms with Crippen molar-refractivity contribution in [1.82, 2.24) is 19.9 Å². The largest absolute Gasteiger partial charge is 0.527 e. The summed E-state index contributed by atoms with van der Waals surface area (Å²) in [5, 5.41) is 3.62. The van der Waals surface area contributed by atoms with Crippen molar-refractivity contribution in [2.75, 3.05) is 63.1 Å². The van der Waals surface area contributed by atoms with E-state index in [9.17, 15) is 22.8 Å². The van der Waals surface area contributed by atoms with Crippen LogP contribution in [0.3, 0.4) is 0 Å². The molecule has 0 aliphatic carbocycles. The number of amides is 2. The van der Waals surface area contributed by atoms with Gasteiger partial charge in [0.05, 0.1) is 32.5 Å². The lowest BCUT2D eigenvalue weighted by atomic mass is 10.1. The molecule has 55 heavy (non-hydrogen) atoms. The Morgan fingerprint density at radius 1 is 0.873 bits per heavy atom. The van der Waals surface area contributed by atoms with Crippen LogP contribution in [0.15, 0.2) is 84.1 Å². The van der Waals surface area contributed by atoms with E-state index < -0.39 is 28.2 Å². The van der Waals surface area contributed by atoms with Gasteiger partial charge in [0.1, 0.15) is 19.0 Å². The summed E-state index contributed by atoms with van der Waals surface area (Å²) in [5.74, 6) is 0.276. The highest BCUT2D eigenvalue weighted by Gasteiger charge is 2.29. The van der Waals surface area contributed by atoms with Crippen molar-refractivity contribution >= 4 is 39.7 Å². The summed E-state index contributed by atoms with van der Waals surface area (Å²) < 4.78 is 58.1. The van der Waals surface area contributed by atoms with Gasteiger partial charge in [-0.1, -0.05) is 38.1 Å². The van der Waals surface area contributed by atoms with E-state index in [-0.39, 0.29) is 91.3 Å². The molecule has 2 aromatic carbocycles. The van der Waals surface area contributed by atoms with Gasteiger partial charge >= 0.3 is 12.2 Å². The molecule has 1 saturated heterocycles. The van der Waals surface area contributed by atoms with Crippen molar-refractivity contribution in [3.8, 4) is 23.0 Å². The number of ether oxygens (including phenoxy) is 5. The predicted octanol–water partition coefficient (Wildman–Crippen LogP) is 5.68. The molecular formula is C37H42N6O11S. The van der Waals surface area contributed by atoms with Gasteiger partial charge in [-0.05, 0) is 60.9 Å².